The maximum Gasteiger partial charge on any atom is 0.410 e. The lowest BCUT2D eigenvalue weighted by molar-refractivity contribution is 0.0493. The van der Waals surface area contributed by atoms with Crippen molar-refractivity contribution in [3.63, 3.8) is 0 Å². The van der Waals surface area contributed by atoms with Crippen LogP contribution in [0.5, 0.6) is 0 Å². The average molecular weight is 343 g/mol. The van der Waals surface area contributed by atoms with Crippen LogP contribution in [0.2, 0.25) is 0 Å². The Balaban J connectivity index is 1.49. The zero-order valence-electron chi connectivity index (χ0n) is 14.0. The van der Waals surface area contributed by atoms with Gasteiger partial charge in [-0.25, -0.2) is 9.18 Å². The maximum absolute atomic E-state index is 13.8. The first-order chi connectivity index (χ1) is 12.2. The average Bonchev–Trinajstić information content (AvgIpc) is 3.02. The van der Waals surface area contributed by atoms with Gasteiger partial charge in [-0.05, 0) is 11.1 Å². The third kappa shape index (κ3) is 5.03. The summed E-state index contributed by atoms with van der Waals surface area (Å²) < 4.78 is 24.8. The Kier molecular flexibility index (Phi) is 6.01. The second-order valence-electron chi connectivity index (χ2n) is 6.18. The smallest absolute Gasteiger partial charge is 0.410 e. The van der Waals surface area contributed by atoms with Gasteiger partial charge in [0.2, 0.25) is 0 Å². The van der Waals surface area contributed by atoms with E-state index in [-0.39, 0.29) is 25.6 Å². The van der Waals surface area contributed by atoms with E-state index in [1.165, 1.54) is 4.90 Å². The van der Waals surface area contributed by atoms with Gasteiger partial charge < -0.3 is 9.47 Å². The first-order valence-electron chi connectivity index (χ1n) is 8.45. The molecule has 2 atom stereocenters. The molecule has 1 fully saturated rings. The van der Waals surface area contributed by atoms with Crippen LogP contribution in [0.1, 0.15) is 17.5 Å². The Bertz CT molecular complexity index is 665. The van der Waals surface area contributed by atoms with Crippen LogP contribution in [0.3, 0.4) is 0 Å². The fourth-order valence-electron chi connectivity index (χ4n) is 2.93. The van der Waals surface area contributed by atoms with Gasteiger partial charge in [0.25, 0.3) is 0 Å². The maximum atomic E-state index is 13.8. The van der Waals surface area contributed by atoms with Crippen LogP contribution in [0, 0.1) is 0 Å². The van der Waals surface area contributed by atoms with E-state index in [1.807, 2.05) is 60.7 Å². The number of halogens is 1. The minimum Gasteiger partial charge on any atom is -0.445 e. The monoisotopic (exact) mass is 343 g/mol. The minimum atomic E-state index is -1.03. The highest BCUT2D eigenvalue weighted by molar-refractivity contribution is 5.68. The van der Waals surface area contributed by atoms with E-state index in [0.717, 1.165) is 11.1 Å². The molecule has 0 aliphatic carbocycles. The van der Waals surface area contributed by atoms with Crippen LogP contribution in [-0.4, -0.2) is 36.4 Å². The molecule has 3 rings (SSSR count). The van der Waals surface area contributed by atoms with Crippen LogP contribution in [-0.2, 0) is 22.7 Å². The lowest BCUT2D eigenvalue weighted by atomic mass is 10.2. The van der Waals surface area contributed by atoms with Crippen molar-refractivity contribution >= 4 is 6.09 Å². The molecule has 0 aromatic heterocycles. The number of likely N-dealkylation sites (tertiary alicyclic amines) is 1. The summed E-state index contributed by atoms with van der Waals surface area (Å²) in [7, 11) is 0. The van der Waals surface area contributed by atoms with Crippen molar-refractivity contribution in [3.8, 4) is 0 Å². The molecule has 0 N–H and O–H groups in total. The summed E-state index contributed by atoms with van der Waals surface area (Å²) in [6, 6.07) is 18.9. The lowest BCUT2D eigenvalue weighted by Crippen LogP contribution is -2.38. The van der Waals surface area contributed by atoms with E-state index in [1.54, 1.807) is 0 Å². The summed E-state index contributed by atoms with van der Waals surface area (Å²) in [5.41, 5.74) is 1.96. The van der Waals surface area contributed by atoms with Crippen molar-refractivity contribution < 1.29 is 18.7 Å². The summed E-state index contributed by atoms with van der Waals surface area (Å²) in [6.45, 7) is 0.995. The second kappa shape index (κ2) is 8.62. The Hall–Kier alpha value is -2.40. The molecular weight excluding hydrogens is 321 g/mol. The summed E-state index contributed by atoms with van der Waals surface area (Å²) in [5.74, 6) is 0. The highest BCUT2D eigenvalue weighted by Gasteiger charge is 2.36. The number of carbonyl (C=O) groups is 1. The quantitative estimate of drug-likeness (QED) is 0.797. The predicted molar refractivity (Wildman–Crippen MR) is 92.7 cm³/mol. The Labute approximate surface area is 147 Å². The van der Waals surface area contributed by atoms with Gasteiger partial charge in [0.1, 0.15) is 12.8 Å². The first-order valence-corrected chi connectivity index (χ1v) is 8.45. The minimum absolute atomic E-state index is 0.0625. The number of alkyl halides is 1. The van der Waals surface area contributed by atoms with Gasteiger partial charge in [0, 0.05) is 6.42 Å². The van der Waals surface area contributed by atoms with Crippen molar-refractivity contribution in [1.82, 2.24) is 4.90 Å². The van der Waals surface area contributed by atoms with Crippen LogP contribution >= 0.6 is 0 Å². The number of hydrogen-bond acceptors (Lipinski definition) is 3. The largest absolute Gasteiger partial charge is 0.445 e. The van der Waals surface area contributed by atoms with Crippen LogP contribution in [0.15, 0.2) is 60.7 Å². The highest BCUT2D eigenvalue weighted by Crippen LogP contribution is 2.22. The third-order valence-electron chi connectivity index (χ3n) is 4.22. The number of ether oxygens (including phenoxy) is 2. The zero-order chi connectivity index (χ0) is 17.5. The van der Waals surface area contributed by atoms with E-state index in [2.05, 4.69) is 0 Å². The van der Waals surface area contributed by atoms with E-state index < -0.39 is 12.3 Å². The summed E-state index contributed by atoms with van der Waals surface area (Å²) >= 11 is 0. The van der Waals surface area contributed by atoms with Gasteiger partial charge in [0.05, 0.1) is 25.8 Å². The Morgan fingerprint density at radius 3 is 2.24 bits per heavy atom. The molecule has 0 radical (unpaired) electrons. The van der Waals surface area contributed by atoms with Gasteiger partial charge in [-0.1, -0.05) is 60.7 Å². The molecule has 1 heterocycles. The van der Waals surface area contributed by atoms with Crippen molar-refractivity contribution in [2.24, 2.45) is 0 Å². The molecule has 0 bridgehead atoms. The van der Waals surface area contributed by atoms with E-state index >= 15 is 0 Å². The van der Waals surface area contributed by atoms with Gasteiger partial charge in [0.15, 0.2) is 0 Å². The van der Waals surface area contributed by atoms with Crippen LogP contribution in [0.25, 0.3) is 0 Å². The summed E-state index contributed by atoms with van der Waals surface area (Å²) in [4.78, 5) is 13.7. The van der Waals surface area contributed by atoms with Gasteiger partial charge in [-0.3, -0.25) is 4.90 Å². The number of nitrogens with zero attached hydrogens (tertiary/aromatic N) is 1. The SMILES string of the molecule is O=C(OCc1ccccc1)N1C[C@H](F)C[C@@H]1COCc1ccccc1. The molecule has 0 spiro atoms. The molecule has 4 nitrogen and oxygen atoms in total. The van der Waals surface area contributed by atoms with Crippen LogP contribution < -0.4 is 0 Å². The number of rotatable bonds is 6. The number of amides is 1. The highest BCUT2D eigenvalue weighted by atomic mass is 19.1. The molecular formula is C20H22FNO3. The molecule has 132 valence electrons. The molecule has 1 amide bonds. The molecule has 0 unspecified atom stereocenters. The van der Waals surface area contributed by atoms with E-state index in [9.17, 15) is 9.18 Å². The fourth-order valence-corrected chi connectivity index (χ4v) is 2.93. The molecule has 2 aromatic rings. The number of benzene rings is 2. The van der Waals surface area contributed by atoms with Gasteiger partial charge in [-0.2, -0.15) is 0 Å². The molecule has 25 heavy (non-hydrogen) atoms. The van der Waals surface area contributed by atoms with Crippen molar-refractivity contribution in [3.05, 3.63) is 71.8 Å². The van der Waals surface area contributed by atoms with E-state index in [0.29, 0.717) is 13.2 Å². The summed E-state index contributed by atoms with van der Waals surface area (Å²) in [6.07, 6.45) is -1.23. The van der Waals surface area contributed by atoms with Crippen molar-refractivity contribution in [1.29, 1.82) is 0 Å². The molecule has 1 saturated heterocycles. The number of hydrogen-bond donors (Lipinski definition) is 0. The predicted octanol–water partition coefficient (Wildman–Crippen LogP) is 3.95. The molecule has 0 saturated carbocycles. The summed E-state index contributed by atoms with van der Waals surface area (Å²) in [5, 5.41) is 0. The first kappa shape index (κ1) is 17.4. The Morgan fingerprint density at radius 2 is 1.60 bits per heavy atom. The second-order valence-corrected chi connectivity index (χ2v) is 6.18. The standard InChI is InChI=1S/C20H22FNO3/c21-18-11-19(15-24-13-16-7-3-1-4-8-16)22(12-18)20(23)25-14-17-9-5-2-6-10-17/h1-10,18-19H,11-15H2/t18-,19-/m1/s1. The molecule has 5 heteroatoms. The molecule has 1 aliphatic heterocycles. The molecule has 1 aliphatic rings. The lowest BCUT2D eigenvalue weighted by Gasteiger charge is -2.23. The van der Waals surface area contributed by atoms with E-state index in [4.69, 9.17) is 9.47 Å². The molecule has 2 aromatic carbocycles. The van der Waals surface area contributed by atoms with Crippen LogP contribution in [0.4, 0.5) is 9.18 Å². The van der Waals surface area contributed by atoms with Crippen molar-refractivity contribution in [2.75, 3.05) is 13.2 Å². The van der Waals surface area contributed by atoms with Crippen molar-refractivity contribution in [2.45, 2.75) is 31.8 Å². The topological polar surface area (TPSA) is 38.8 Å². The normalized spacial score (nSPS) is 19.8. The van der Waals surface area contributed by atoms with Gasteiger partial charge in [-0.15, -0.1) is 0 Å². The number of carbonyl (C=O) groups excluding carboxylic acids is 1. The zero-order valence-corrected chi connectivity index (χ0v) is 14.0. The Morgan fingerprint density at radius 1 is 1.00 bits per heavy atom. The third-order valence-corrected chi connectivity index (χ3v) is 4.22. The van der Waals surface area contributed by atoms with Gasteiger partial charge >= 0.3 is 6.09 Å². The fraction of sp³-hybridized carbons (Fsp3) is 0.350.